The van der Waals surface area contributed by atoms with Gasteiger partial charge in [0.15, 0.2) is 0 Å². The zero-order chi connectivity index (χ0) is 45.2. The van der Waals surface area contributed by atoms with Crippen LogP contribution in [0.25, 0.3) is 0 Å². The highest BCUT2D eigenvalue weighted by atomic mass is 16.5. The number of esters is 1. The zero-order valence-electron chi connectivity index (χ0n) is 41.5. The van der Waals surface area contributed by atoms with E-state index in [9.17, 15) is 19.8 Å². The van der Waals surface area contributed by atoms with Crippen molar-refractivity contribution >= 4 is 11.9 Å². The van der Waals surface area contributed by atoms with E-state index in [-0.39, 0.29) is 24.9 Å². The summed E-state index contributed by atoms with van der Waals surface area (Å²) in [6.45, 7) is 6.48. The summed E-state index contributed by atoms with van der Waals surface area (Å²) in [6, 6.07) is -0.717. The number of aliphatic hydroxyl groups is 2. The van der Waals surface area contributed by atoms with Gasteiger partial charge in [0.25, 0.3) is 0 Å². The molecule has 0 heterocycles. The Kier molecular flexibility index (Phi) is 48.5. The lowest BCUT2D eigenvalue weighted by Gasteiger charge is -2.24. The molecule has 6 heteroatoms. The molecule has 0 aliphatic rings. The zero-order valence-corrected chi connectivity index (χ0v) is 41.5. The Morgan fingerprint density at radius 3 is 1.27 bits per heavy atom. The van der Waals surface area contributed by atoms with Gasteiger partial charge in [0.1, 0.15) is 6.10 Å². The second kappa shape index (κ2) is 50.1. The van der Waals surface area contributed by atoms with E-state index < -0.39 is 18.2 Å². The Morgan fingerprint density at radius 2 is 0.839 bits per heavy atom. The Morgan fingerprint density at radius 1 is 0.468 bits per heavy atom. The molecule has 0 aliphatic heterocycles. The maximum absolute atomic E-state index is 13.2. The lowest BCUT2D eigenvalue weighted by atomic mass is 10.0. The van der Waals surface area contributed by atoms with Crippen LogP contribution in [0.2, 0.25) is 0 Å². The second-order valence-electron chi connectivity index (χ2n) is 18.7. The highest BCUT2D eigenvalue weighted by Crippen LogP contribution is 2.17. The molecule has 6 nitrogen and oxygen atoms in total. The van der Waals surface area contributed by atoms with E-state index >= 15 is 0 Å². The van der Waals surface area contributed by atoms with Crippen LogP contribution in [-0.4, -0.2) is 46.9 Å². The lowest BCUT2D eigenvalue weighted by molar-refractivity contribution is -0.151. The minimum absolute atomic E-state index is 0.0412. The van der Waals surface area contributed by atoms with Crippen LogP contribution >= 0.6 is 0 Å². The molecule has 0 radical (unpaired) electrons. The maximum atomic E-state index is 13.2. The quantitative estimate of drug-likeness (QED) is 0.0245. The molecule has 0 aromatic carbocycles. The molecule has 0 saturated heterocycles. The van der Waals surface area contributed by atoms with Gasteiger partial charge in [-0.1, -0.05) is 237 Å². The molecule has 0 spiro atoms. The van der Waals surface area contributed by atoms with Crippen LogP contribution in [0.4, 0.5) is 0 Å². The first-order chi connectivity index (χ1) is 30.5. The number of nitrogens with one attached hydrogen (secondary N) is 1. The number of hydrogen-bond acceptors (Lipinski definition) is 5. The average molecular weight is 872 g/mol. The summed E-state index contributed by atoms with van der Waals surface area (Å²) in [4.78, 5) is 26.1. The third-order valence-electron chi connectivity index (χ3n) is 12.5. The highest BCUT2D eigenvalue weighted by molar-refractivity contribution is 5.77. The van der Waals surface area contributed by atoms with Crippen LogP contribution in [0.3, 0.4) is 0 Å². The fourth-order valence-electron chi connectivity index (χ4n) is 8.31. The maximum Gasteiger partial charge on any atom is 0.306 e. The molecule has 0 aliphatic carbocycles. The number of rotatable bonds is 49. The molecule has 364 valence electrons. The summed E-state index contributed by atoms with van der Waals surface area (Å²) in [6.07, 6.45) is 59.2. The fraction of sp³-hybridized carbons (Fsp3) is 0.857. The van der Waals surface area contributed by atoms with E-state index in [4.69, 9.17) is 4.74 Å². The summed E-state index contributed by atoms with van der Waals surface area (Å²) in [5.41, 5.74) is 0. The topological polar surface area (TPSA) is 95.9 Å². The summed E-state index contributed by atoms with van der Waals surface area (Å²) >= 11 is 0. The van der Waals surface area contributed by atoms with Crippen molar-refractivity contribution in [1.29, 1.82) is 0 Å². The largest absolute Gasteiger partial charge is 0.462 e. The van der Waals surface area contributed by atoms with Crippen molar-refractivity contribution in [2.45, 2.75) is 302 Å². The van der Waals surface area contributed by atoms with Crippen LogP contribution in [0.15, 0.2) is 36.5 Å². The van der Waals surface area contributed by atoms with Crippen molar-refractivity contribution in [3.8, 4) is 0 Å². The van der Waals surface area contributed by atoms with Gasteiger partial charge in [-0.25, -0.2) is 0 Å². The first kappa shape index (κ1) is 60.1. The van der Waals surface area contributed by atoms with Gasteiger partial charge in [-0.15, -0.1) is 0 Å². The van der Waals surface area contributed by atoms with Crippen LogP contribution in [0.1, 0.15) is 284 Å². The Bertz CT molecular complexity index is 1020. The molecule has 0 fully saturated rings. The van der Waals surface area contributed by atoms with Gasteiger partial charge in [-0.2, -0.15) is 0 Å². The van der Waals surface area contributed by atoms with Gasteiger partial charge in [0, 0.05) is 6.42 Å². The van der Waals surface area contributed by atoms with Gasteiger partial charge in [0.05, 0.1) is 25.2 Å². The Balaban J connectivity index is 4.61. The normalized spacial score (nSPS) is 13.4. The number of allylic oxidation sites excluding steroid dienone is 6. The number of carbonyl (C=O) groups is 2. The van der Waals surface area contributed by atoms with Gasteiger partial charge in [-0.05, 0) is 70.6 Å². The van der Waals surface area contributed by atoms with Crippen molar-refractivity contribution in [2.24, 2.45) is 0 Å². The third-order valence-corrected chi connectivity index (χ3v) is 12.5. The predicted molar refractivity (Wildman–Crippen MR) is 269 cm³/mol. The van der Waals surface area contributed by atoms with Crippen molar-refractivity contribution in [1.82, 2.24) is 5.32 Å². The van der Waals surface area contributed by atoms with Crippen LogP contribution < -0.4 is 5.32 Å². The standard InChI is InChI=1S/C56H105NO5/c1-4-7-10-13-16-19-22-25-28-30-33-36-39-42-45-48-54(59)53(51-58)57-55(60)50-52(47-44-41-38-35-32-29-26-23-20-17-14-11-8-5-2)62-56(61)49-46-43-40-37-34-31-27-24-21-18-15-12-9-6-3/h29,31-32,34-35,38,52-54,58-59H,4-28,30,33,36-37,39-51H2,1-3H3,(H,57,60)/b32-29+,34-31-,38-35+. The van der Waals surface area contributed by atoms with E-state index in [2.05, 4.69) is 62.5 Å². The number of unbranched alkanes of at least 4 members (excludes halogenated alkanes) is 32. The van der Waals surface area contributed by atoms with Crippen molar-refractivity contribution in [3.63, 3.8) is 0 Å². The monoisotopic (exact) mass is 872 g/mol. The van der Waals surface area contributed by atoms with Gasteiger partial charge in [-0.3, -0.25) is 9.59 Å². The molecule has 0 bridgehead atoms. The number of amides is 1. The Labute approximate surface area is 385 Å². The lowest BCUT2D eigenvalue weighted by Crippen LogP contribution is -2.46. The number of carbonyl (C=O) groups excluding carboxylic acids is 2. The molecule has 3 atom stereocenters. The van der Waals surface area contributed by atoms with Crippen LogP contribution in [0.5, 0.6) is 0 Å². The summed E-state index contributed by atoms with van der Waals surface area (Å²) < 4.78 is 5.91. The van der Waals surface area contributed by atoms with Crippen LogP contribution in [0, 0.1) is 0 Å². The molecular weight excluding hydrogens is 767 g/mol. The summed E-state index contributed by atoms with van der Waals surface area (Å²) in [7, 11) is 0. The molecule has 0 aromatic rings. The van der Waals surface area contributed by atoms with E-state index in [0.29, 0.717) is 19.3 Å². The third kappa shape index (κ3) is 44.7. The van der Waals surface area contributed by atoms with E-state index in [0.717, 1.165) is 64.2 Å². The molecule has 0 aromatic heterocycles. The molecule has 1 amide bonds. The van der Waals surface area contributed by atoms with E-state index in [1.807, 2.05) is 0 Å². The van der Waals surface area contributed by atoms with Crippen LogP contribution in [-0.2, 0) is 14.3 Å². The van der Waals surface area contributed by atoms with Gasteiger partial charge in [0.2, 0.25) is 5.91 Å². The first-order valence-corrected chi connectivity index (χ1v) is 27.2. The number of ether oxygens (including phenoxy) is 1. The number of hydrogen-bond donors (Lipinski definition) is 3. The number of aliphatic hydroxyl groups excluding tert-OH is 2. The van der Waals surface area contributed by atoms with E-state index in [1.54, 1.807) is 0 Å². The van der Waals surface area contributed by atoms with Crippen molar-refractivity contribution in [3.05, 3.63) is 36.5 Å². The van der Waals surface area contributed by atoms with E-state index in [1.165, 1.54) is 173 Å². The summed E-state index contributed by atoms with van der Waals surface area (Å²) in [5, 5.41) is 23.8. The molecule has 0 saturated carbocycles. The summed E-state index contributed by atoms with van der Waals surface area (Å²) in [5.74, 6) is -0.530. The molecule has 0 rings (SSSR count). The highest BCUT2D eigenvalue weighted by Gasteiger charge is 2.24. The van der Waals surface area contributed by atoms with Crippen molar-refractivity contribution in [2.75, 3.05) is 6.61 Å². The minimum atomic E-state index is -0.800. The molecule has 62 heavy (non-hydrogen) atoms. The molecular formula is C56H105NO5. The first-order valence-electron chi connectivity index (χ1n) is 27.2. The smallest absolute Gasteiger partial charge is 0.306 e. The van der Waals surface area contributed by atoms with Crippen molar-refractivity contribution < 1.29 is 24.5 Å². The average Bonchev–Trinajstić information content (AvgIpc) is 3.26. The second-order valence-corrected chi connectivity index (χ2v) is 18.7. The predicted octanol–water partition coefficient (Wildman–Crippen LogP) is 16.5. The van der Waals surface area contributed by atoms with Gasteiger partial charge >= 0.3 is 5.97 Å². The Hall–Kier alpha value is -1.92. The molecule has 3 N–H and O–H groups in total. The fourth-order valence-corrected chi connectivity index (χ4v) is 8.31. The minimum Gasteiger partial charge on any atom is -0.462 e. The van der Waals surface area contributed by atoms with Gasteiger partial charge < -0.3 is 20.3 Å². The molecule has 3 unspecified atom stereocenters. The SMILES string of the molecule is CCCCCCCCC/C=C\CCCCCC(=O)OC(CCC/C=C/C=C/CCCCCCCCC)CC(=O)NC(CO)C(O)CCCCCCCCCCCCCCCCC.